The molecule has 32 heavy (non-hydrogen) atoms. The molecule has 1 saturated heterocycles. The van der Waals surface area contributed by atoms with Gasteiger partial charge in [-0.05, 0) is 55.3 Å². The summed E-state index contributed by atoms with van der Waals surface area (Å²) in [6.07, 6.45) is 2.00. The molecule has 2 aromatic carbocycles. The third-order valence-electron chi connectivity index (χ3n) is 4.73. The van der Waals surface area contributed by atoms with Crippen molar-refractivity contribution in [3.8, 4) is 5.75 Å². The summed E-state index contributed by atoms with van der Waals surface area (Å²) >= 11 is 1.09. The van der Waals surface area contributed by atoms with Crippen LogP contribution in [0.3, 0.4) is 0 Å². The van der Waals surface area contributed by atoms with Gasteiger partial charge in [-0.3, -0.25) is 9.59 Å². The molecule has 1 unspecified atom stereocenters. The average Bonchev–Trinajstić information content (AvgIpc) is 3.49. The zero-order chi connectivity index (χ0) is 22.3. The van der Waals surface area contributed by atoms with Gasteiger partial charge in [0.25, 0.3) is 11.8 Å². The lowest BCUT2D eigenvalue weighted by molar-refractivity contribution is 0.0857. The molecule has 0 spiro atoms. The van der Waals surface area contributed by atoms with Crippen LogP contribution in [-0.2, 0) is 11.3 Å². The Morgan fingerprint density at radius 2 is 2.00 bits per heavy atom. The van der Waals surface area contributed by atoms with Crippen molar-refractivity contribution in [2.75, 3.05) is 18.5 Å². The molecule has 1 aromatic heterocycles. The van der Waals surface area contributed by atoms with Gasteiger partial charge in [-0.1, -0.05) is 17.4 Å². The Bertz CT molecular complexity index is 1080. The van der Waals surface area contributed by atoms with E-state index >= 15 is 0 Å². The molecular formula is C22H21FN4O4S. The second-order valence-corrected chi connectivity index (χ2v) is 8.19. The highest BCUT2D eigenvalue weighted by molar-refractivity contribution is 7.13. The normalized spacial score (nSPS) is 15.3. The molecule has 8 nitrogen and oxygen atoms in total. The minimum absolute atomic E-state index is 0.0560. The van der Waals surface area contributed by atoms with Crippen molar-refractivity contribution in [1.82, 2.24) is 15.5 Å². The van der Waals surface area contributed by atoms with E-state index in [1.807, 2.05) is 0 Å². The van der Waals surface area contributed by atoms with Gasteiger partial charge in [-0.2, -0.15) is 0 Å². The van der Waals surface area contributed by atoms with Gasteiger partial charge in [0.15, 0.2) is 5.01 Å². The third-order valence-corrected chi connectivity index (χ3v) is 5.63. The number of halogens is 1. The highest BCUT2D eigenvalue weighted by Gasteiger charge is 2.18. The van der Waals surface area contributed by atoms with Crippen LogP contribution in [0.5, 0.6) is 5.75 Å². The Balaban J connectivity index is 1.31. The Morgan fingerprint density at radius 3 is 2.78 bits per heavy atom. The van der Waals surface area contributed by atoms with Crippen LogP contribution in [0.1, 0.15) is 38.0 Å². The summed E-state index contributed by atoms with van der Waals surface area (Å²) < 4.78 is 24.0. The third kappa shape index (κ3) is 5.86. The van der Waals surface area contributed by atoms with E-state index in [0.717, 1.165) is 30.8 Å². The average molecular weight is 456 g/mol. The predicted octanol–water partition coefficient (Wildman–Crippen LogP) is 3.42. The van der Waals surface area contributed by atoms with E-state index in [9.17, 15) is 14.0 Å². The molecule has 166 valence electrons. The minimum atomic E-state index is -0.438. The number of anilines is 1. The maximum Gasteiger partial charge on any atom is 0.286 e. The topological polar surface area (TPSA) is 102 Å². The summed E-state index contributed by atoms with van der Waals surface area (Å²) in [6.45, 7) is 1.30. The number of amides is 2. The molecule has 2 N–H and O–H groups in total. The largest absolute Gasteiger partial charge is 0.486 e. The summed E-state index contributed by atoms with van der Waals surface area (Å²) in [5.41, 5.74) is 0.908. The van der Waals surface area contributed by atoms with Crippen LogP contribution in [0, 0.1) is 5.82 Å². The van der Waals surface area contributed by atoms with E-state index in [0.29, 0.717) is 28.6 Å². The van der Waals surface area contributed by atoms with Crippen molar-refractivity contribution in [1.29, 1.82) is 0 Å². The molecular weight excluding hydrogens is 435 g/mol. The number of rotatable bonds is 8. The fraction of sp³-hybridized carbons (Fsp3) is 0.273. The number of carbonyl (C=O) groups excluding carboxylic acids is 2. The fourth-order valence-corrected chi connectivity index (χ4v) is 3.76. The molecule has 10 heteroatoms. The van der Waals surface area contributed by atoms with E-state index in [2.05, 4.69) is 20.8 Å². The Morgan fingerprint density at radius 1 is 1.16 bits per heavy atom. The first-order valence-corrected chi connectivity index (χ1v) is 10.9. The first-order valence-electron chi connectivity index (χ1n) is 10.1. The molecule has 1 fully saturated rings. The molecule has 2 heterocycles. The molecule has 3 aromatic rings. The first kappa shape index (κ1) is 21.8. The van der Waals surface area contributed by atoms with E-state index in [1.54, 1.807) is 24.3 Å². The van der Waals surface area contributed by atoms with Gasteiger partial charge in [0.2, 0.25) is 5.01 Å². The summed E-state index contributed by atoms with van der Waals surface area (Å²) in [6, 6.07) is 12.3. The van der Waals surface area contributed by atoms with Gasteiger partial charge in [0.05, 0.1) is 6.10 Å². The Labute approximate surface area is 187 Å². The molecule has 2 amide bonds. The van der Waals surface area contributed by atoms with Gasteiger partial charge in [0, 0.05) is 24.4 Å². The van der Waals surface area contributed by atoms with Crippen molar-refractivity contribution in [2.45, 2.75) is 25.6 Å². The summed E-state index contributed by atoms with van der Waals surface area (Å²) in [5.74, 6) is -0.529. The van der Waals surface area contributed by atoms with Crippen LogP contribution in [-0.4, -0.2) is 41.3 Å². The van der Waals surface area contributed by atoms with Crippen molar-refractivity contribution in [2.24, 2.45) is 0 Å². The molecule has 4 rings (SSSR count). The lowest BCUT2D eigenvalue weighted by Crippen LogP contribution is -2.31. The smallest absolute Gasteiger partial charge is 0.286 e. The first-order chi connectivity index (χ1) is 15.6. The van der Waals surface area contributed by atoms with E-state index in [1.165, 1.54) is 24.3 Å². The van der Waals surface area contributed by atoms with E-state index in [-0.39, 0.29) is 29.4 Å². The fourth-order valence-electron chi connectivity index (χ4n) is 3.12. The molecule has 1 aliphatic rings. The number of hydrogen-bond donors (Lipinski definition) is 2. The summed E-state index contributed by atoms with van der Waals surface area (Å²) in [4.78, 5) is 24.9. The highest BCUT2D eigenvalue weighted by Crippen LogP contribution is 2.18. The molecule has 0 bridgehead atoms. The lowest BCUT2D eigenvalue weighted by atomic mass is 10.1. The minimum Gasteiger partial charge on any atom is -0.486 e. The quantitative estimate of drug-likeness (QED) is 0.539. The van der Waals surface area contributed by atoms with E-state index < -0.39 is 5.91 Å². The Kier molecular flexibility index (Phi) is 7.03. The number of benzene rings is 2. The number of aromatic nitrogens is 2. The second-order valence-electron chi connectivity index (χ2n) is 7.12. The van der Waals surface area contributed by atoms with Crippen LogP contribution in [0.4, 0.5) is 10.1 Å². The number of ether oxygens (including phenoxy) is 2. The standard InChI is InChI=1S/C22H21FN4O4S/c23-15-6-8-17(9-7-15)31-13-19-26-27-22(32-19)21(29)25-16-4-1-3-14(11-16)20(28)24-12-18-5-2-10-30-18/h1,3-4,6-9,11,18H,2,5,10,12-13H2,(H,24,28)(H,25,29). The van der Waals surface area contributed by atoms with Crippen LogP contribution in [0.25, 0.3) is 0 Å². The Hall–Kier alpha value is -3.37. The molecule has 1 aliphatic heterocycles. The summed E-state index contributed by atoms with van der Waals surface area (Å²) in [5, 5.41) is 14.1. The second kappa shape index (κ2) is 10.3. The molecule has 1 atom stereocenters. The number of nitrogens with one attached hydrogen (secondary N) is 2. The van der Waals surface area contributed by atoms with Crippen molar-refractivity contribution in [3.05, 3.63) is 69.9 Å². The van der Waals surface area contributed by atoms with Crippen molar-refractivity contribution >= 4 is 28.8 Å². The van der Waals surface area contributed by atoms with Gasteiger partial charge >= 0.3 is 0 Å². The van der Waals surface area contributed by atoms with Crippen LogP contribution >= 0.6 is 11.3 Å². The molecule has 0 saturated carbocycles. The zero-order valence-corrected chi connectivity index (χ0v) is 17.9. The SMILES string of the molecule is O=C(NCC1CCCO1)c1cccc(NC(=O)c2nnc(COc3ccc(F)cc3)s2)c1. The van der Waals surface area contributed by atoms with Gasteiger partial charge in [-0.15, -0.1) is 10.2 Å². The van der Waals surface area contributed by atoms with Gasteiger partial charge in [0.1, 0.15) is 18.2 Å². The van der Waals surface area contributed by atoms with Crippen molar-refractivity contribution < 1.29 is 23.5 Å². The molecule has 0 radical (unpaired) electrons. The molecule has 0 aliphatic carbocycles. The predicted molar refractivity (Wildman–Crippen MR) is 116 cm³/mol. The van der Waals surface area contributed by atoms with Gasteiger partial charge in [-0.25, -0.2) is 4.39 Å². The van der Waals surface area contributed by atoms with Crippen LogP contribution in [0.2, 0.25) is 0 Å². The van der Waals surface area contributed by atoms with Crippen LogP contribution in [0.15, 0.2) is 48.5 Å². The number of carbonyl (C=O) groups is 2. The highest BCUT2D eigenvalue weighted by atomic mass is 32.1. The van der Waals surface area contributed by atoms with Crippen LogP contribution < -0.4 is 15.4 Å². The number of nitrogens with zero attached hydrogens (tertiary/aromatic N) is 2. The zero-order valence-electron chi connectivity index (χ0n) is 17.0. The van der Waals surface area contributed by atoms with Crippen molar-refractivity contribution in [3.63, 3.8) is 0 Å². The number of hydrogen-bond acceptors (Lipinski definition) is 7. The maximum absolute atomic E-state index is 12.9. The lowest BCUT2D eigenvalue weighted by Gasteiger charge is -2.11. The summed E-state index contributed by atoms with van der Waals surface area (Å²) in [7, 11) is 0. The maximum atomic E-state index is 12.9. The van der Waals surface area contributed by atoms with Gasteiger partial charge < -0.3 is 20.1 Å². The van der Waals surface area contributed by atoms with E-state index in [4.69, 9.17) is 9.47 Å². The monoisotopic (exact) mass is 456 g/mol.